The Bertz CT molecular complexity index is 2270. The first-order chi connectivity index (χ1) is 23.8. The molecule has 5 aromatic carbocycles. The number of carbonyl (C=O) groups is 1. The third-order valence-electron chi connectivity index (χ3n) is 7.77. The molecule has 1 aliphatic rings. The molecule has 2 N–H and O–H groups in total. The number of carbonyl (C=O) groups excluding carboxylic acids is 1. The monoisotopic (exact) mass is 693 g/mol. The fourth-order valence-electron chi connectivity index (χ4n) is 5.38. The number of aryl methyl sites for hydroxylation is 1. The number of allylic oxidation sites excluding steroid dienone is 1. The summed E-state index contributed by atoms with van der Waals surface area (Å²) in [6.07, 6.45) is 1.73. The SMILES string of the molecule is CCOC(=O)C1=C(C)NC(c2nccs2)=NC1.Cc1ccccc1F.Op1oc2ccc3ccccc3c2c2c(ccc3ccccc32)o1. The van der Waals surface area contributed by atoms with Crippen LogP contribution in [0.25, 0.3) is 43.5 Å². The Kier molecular flexibility index (Phi) is 10.5. The third-order valence-corrected chi connectivity index (χ3v) is 9.26. The summed E-state index contributed by atoms with van der Waals surface area (Å²) in [6, 6.07) is 30.9. The first-order valence-corrected chi connectivity index (χ1v) is 17.5. The van der Waals surface area contributed by atoms with Crippen molar-refractivity contribution in [2.24, 2.45) is 4.99 Å². The summed E-state index contributed by atoms with van der Waals surface area (Å²) >= 11 is 1.51. The van der Waals surface area contributed by atoms with E-state index in [1.54, 1.807) is 32.2 Å². The van der Waals surface area contributed by atoms with Crippen molar-refractivity contribution < 1.29 is 27.2 Å². The van der Waals surface area contributed by atoms with Gasteiger partial charge in [-0.15, -0.1) is 11.3 Å². The van der Waals surface area contributed by atoms with Crippen molar-refractivity contribution in [1.82, 2.24) is 10.3 Å². The lowest BCUT2D eigenvalue weighted by molar-refractivity contribution is -0.138. The number of aromatic nitrogens is 1. The Morgan fingerprint density at radius 2 is 1.49 bits per heavy atom. The maximum absolute atomic E-state index is 12.3. The second-order valence-corrected chi connectivity index (χ2v) is 12.7. The van der Waals surface area contributed by atoms with Crippen molar-refractivity contribution in [2.45, 2.75) is 20.8 Å². The number of aliphatic imine (C=N–C) groups is 1. The van der Waals surface area contributed by atoms with E-state index in [1.807, 2.05) is 66.9 Å². The second kappa shape index (κ2) is 15.3. The van der Waals surface area contributed by atoms with Crippen LogP contribution in [0.15, 0.2) is 133 Å². The smallest absolute Gasteiger partial charge is 0.384 e. The number of nitrogens with one attached hydrogen (secondary N) is 1. The highest BCUT2D eigenvalue weighted by molar-refractivity contribution is 7.30. The van der Waals surface area contributed by atoms with Gasteiger partial charge in [0.15, 0.2) is 10.8 Å². The van der Waals surface area contributed by atoms with Crippen LogP contribution >= 0.6 is 19.6 Å². The number of rotatable bonds is 3. The van der Waals surface area contributed by atoms with Crippen LogP contribution in [0.5, 0.6) is 0 Å². The van der Waals surface area contributed by atoms with Crippen LogP contribution in [-0.2, 0) is 9.53 Å². The molecule has 0 fully saturated rings. The summed E-state index contributed by atoms with van der Waals surface area (Å²) in [4.78, 5) is 30.2. The molecule has 3 heterocycles. The van der Waals surface area contributed by atoms with Gasteiger partial charge >= 0.3 is 14.2 Å². The number of esters is 1. The van der Waals surface area contributed by atoms with Gasteiger partial charge in [-0.1, -0.05) is 78.9 Å². The van der Waals surface area contributed by atoms with E-state index in [-0.39, 0.29) is 11.8 Å². The lowest BCUT2D eigenvalue weighted by atomic mass is 9.99. The number of halogens is 1. The molecule has 49 heavy (non-hydrogen) atoms. The summed E-state index contributed by atoms with van der Waals surface area (Å²) in [7, 11) is -2.00. The van der Waals surface area contributed by atoms with E-state index < -0.39 is 8.24 Å². The highest BCUT2D eigenvalue weighted by Crippen LogP contribution is 2.39. The molecule has 0 atom stereocenters. The zero-order chi connectivity index (χ0) is 34.3. The zero-order valence-electron chi connectivity index (χ0n) is 27.0. The second-order valence-electron chi connectivity index (χ2n) is 10.9. The average molecular weight is 694 g/mol. The maximum Gasteiger partial charge on any atom is 0.384 e. The molecule has 0 aliphatic carbocycles. The molecule has 7 aromatic rings. The molecule has 0 radical (unpaired) electrons. The Morgan fingerprint density at radius 1 is 0.898 bits per heavy atom. The molecular weight excluding hydrogens is 660 g/mol. The highest BCUT2D eigenvalue weighted by atomic mass is 32.1. The van der Waals surface area contributed by atoms with Gasteiger partial charge in [-0.2, -0.15) is 0 Å². The van der Waals surface area contributed by atoms with Gasteiger partial charge in [0.05, 0.1) is 18.7 Å². The van der Waals surface area contributed by atoms with Crippen LogP contribution in [0.1, 0.15) is 24.4 Å². The summed E-state index contributed by atoms with van der Waals surface area (Å²) in [5, 5.41) is 12.2. The molecular formula is C38H33FN3O5PS. The van der Waals surface area contributed by atoms with Crippen LogP contribution in [0.2, 0.25) is 0 Å². The highest BCUT2D eigenvalue weighted by Gasteiger charge is 2.20. The Balaban J connectivity index is 0.000000145. The molecule has 2 aromatic heterocycles. The van der Waals surface area contributed by atoms with E-state index in [0.717, 1.165) is 43.0 Å². The largest absolute Gasteiger partial charge is 0.463 e. The van der Waals surface area contributed by atoms with Crippen molar-refractivity contribution in [3.05, 3.63) is 136 Å². The van der Waals surface area contributed by atoms with E-state index in [2.05, 4.69) is 39.6 Å². The van der Waals surface area contributed by atoms with E-state index in [4.69, 9.17) is 13.1 Å². The van der Waals surface area contributed by atoms with Gasteiger partial charge in [0.1, 0.15) is 17.0 Å². The first kappa shape index (κ1) is 33.6. The molecule has 0 amide bonds. The fraction of sp³-hybridized carbons (Fsp3) is 0.132. The number of thiazole rings is 1. The lowest BCUT2D eigenvalue weighted by Crippen LogP contribution is -2.31. The normalized spacial score (nSPS) is 12.5. The topological polar surface area (TPSA) is 110 Å². The summed E-state index contributed by atoms with van der Waals surface area (Å²) in [5.74, 6) is 0.275. The Morgan fingerprint density at radius 3 is 2.00 bits per heavy atom. The average Bonchev–Trinajstić information content (AvgIpc) is 3.61. The fourth-order valence-corrected chi connectivity index (χ4v) is 6.65. The van der Waals surface area contributed by atoms with Crippen molar-refractivity contribution in [3.8, 4) is 0 Å². The number of hydrogen-bond donors (Lipinski definition) is 2. The summed E-state index contributed by atoms with van der Waals surface area (Å²) in [6.45, 7) is 6.09. The van der Waals surface area contributed by atoms with Crippen molar-refractivity contribution in [1.29, 1.82) is 0 Å². The molecule has 0 unspecified atom stereocenters. The molecule has 0 saturated carbocycles. The molecule has 0 saturated heterocycles. The van der Waals surface area contributed by atoms with Gasteiger partial charge in [0.25, 0.3) is 0 Å². The van der Waals surface area contributed by atoms with Crippen molar-refractivity contribution in [3.63, 3.8) is 0 Å². The first-order valence-electron chi connectivity index (χ1n) is 15.5. The van der Waals surface area contributed by atoms with Gasteiger partial charge in [-0.25, -0.2) is 14.2 Å². The third kappa shape index (κ3) is 7.57. The van der Waals surface area contributed by atoms with Crippen molar-refractivity contribution in [2.75, 3.05) is 13.2 Å². The van der Waals surface area contributed by atoms with Gasteiger partial charge in [-0.3, -0.25) is 9.89 Å². The Labute approximate surface area is 286 Å². The van der Waals surface area contributed by atoms with Gasteiger partial charge in [-0.05, 0) is 66.1 Å². The molecule has 248 valence electrons. The van der Waals surface area contributed by atoms with Crippen LogP contribution < -0.4 is 5.32 Å². The predicted octanol–water partition coefficient (Wildman–Crippen LogP) is 9.82. The number of benzene rings is 5. The standard InChI is InChI=1S/C20H13O3P.C11H13N3O2S.C7H7F/c21-24-22-17-11-9-13-5-1-3-7-15(13)19(17)20-16-8-4-2-6-14(16)10-12-18(20)23-24;1-3-16-11(15)8-6-13-9(14-7(8)2)10-12-4-5-17-10;1-6-4-2-3-5-7(6)8/h1-12,21H;4-5H,3,6H2,1-2H3,(H,13,14);2-5H,1H3. The van der Waals surface area contributed by atoms with E-state index >= 15 is 0 Å². The van der Waals surface area contributed by atoms with Crippen LogP contribution in [0.4, 0.5) is 4.39 Å². The van der Waals surface area contributed by atoms with E-state index in [1.165, 1.54) is 17.4 Å². The van der Waals surface area contributed by atoms with Crippen molar-refractivity contribution >= 4 is 74.9 Å². The van der Waals surface area contributed by atoms with E-state index in [0.29, 0.717) is 41.3 Å². The Hall–Kier alpha value is -5.28. The lowest BCUT2D eigenvalue weighted by Gasteiger charge is -2.17. The van der Waals surface area contributed by atoms with Crippen LogP contribution in [-0.4, -0.2) is 34.8 Å². The minimum Gasteiger partial charge on any atom is -0.463 e. The predicted molar refractivity (Wildman–Crippen MR) is 196 cm³/mol. The number of amidine groups is 1. The molecule has 0 spiro atoms. The number of ether oxygens (including phenoxy) is 1. The maximum atomic E-state index is 12.3. The van der Waals surface area contributed by atoms with E-state index in [9.17, 15) is 14.1 Å². The van der Waals surface area contributed by atoms with Crippen LogP contribution in [0.3, 0.4) is 0 Å². The summed E-state index contributed by atoms with van der Waals surface area (Å²) in [5.41, 5.74) is 3.36. The number of hydrogen-bond acceptors (Lipinski definition) is 9. The molecule has 11 heteroatoms. The minimum absolute atomic E-state index is 0.132. The quantitative estimate of drug-likeness (QED) is 0.177. The molecule has 1 aliphatic heterocycles. The van der Waals surface area contributed by atoms with Crippen LogP contribution in [0, 0.1) is 12.7 Å². The van der Waals surface area contributed by atoms with Gasteiger partial charge < -0.3 is 18.4 Å². The van der Waals surface area contributed by atoms with Gasteiger partial charge in [0.2, 0.25) is 0 Å². The molecule has 0 bridgehead atoms. The zero-order valence-corrected chi connectivity index (χ0v) is 28.7. The molecule has 8 nitrogen and oxygen atoms in total. The molecule has 8 rings (SSSR count). The van der Waals surface area contributed by atoms with Gasteiger partial charge in [0, 0.05) is 28.0 Å². The number of nitrogens with zero attached hydrogens (tertiary/aromatic N) is 2. The minimum atomic E-state index is -2.00. The summed E-state index contributed by atoms with van der Waals surface area (Å²) < 4.78 is 28.7. The number of fused-ring (bicyclic) bond motifs is 7.